The maximum Gasteiger partial charge on any atom is 0.198 e. The molecule has 0 saturated heterocycles. The van der Waals surface area contributed by atoms with Crippen LogP contribution in [0.4, 0.5) is 4.39 Å². The van der Waals surface area contributed by atoms with E-state index in [0.29, 0.717) is 23.2 Å². The van der Waals surface area contributed by atoms with Gasteiger partial charge in [-0.1, -0.05) is 6.92 Å². The van der Waals surface area contributed by atoms with E-state index in [9.17, 15) is 9.18 Å². The molecule has 0 unspecified atom stereocenters. The van der Waals surface area contributed by atoms with Crippen LogP contribution in [0.1, 0.15) is 29.5 Å². The predicted octanol–water partition coefficient (Wildman–Crippen LogP) is 3.47. The summed E-state index contributed by atoms with van der Waals surface area (Å²) < 4.78 is 18.4. The van der Waals surface area contributed by atoms with Gasteiger partial charge >= 0.3 is 0 Å². The maximum absolute atomic E-state index is 13.0. The quantitative estimate of drug-likeness (QED) is 0.704. The number of hydrogen-bond acceptors (Lipinski definition) is 2. The number of furan rings is 1. The third-order valence-electron chi connectivity index (χ3n) is 2.47. The first kappa shape index (κ1) is 9.90. The fourth-order valence-electron chi connectivity index (χ4n) is 1.62. The molecular formula is C12H11FO2. The van der Waals surface area contributed by atoms with Gasteiger partial charge in [0.2, 0.25) is 0 Å². The first-order chi connectivity index (χ1) is 7.13. The molecular weight excluding hydrogens is 195 g/mol. The smallest absolute Gasteiger partial charge is 0.198 e. The molecule has 78 valence electrons. The minimum absolute atomic E-state index is 0.0518. The molecule has 1 aromatic heterocycles. The lowest BCUT2D eigenvalue weighted by Gasteiger charge is -1.92. The van der Waals surface area contributed by atoms with Crippen LogP contribution in [0.5, 0.6) is 0 Å². The van der Waals surface area contributed by atoms with Crippen molar-refractivity contribution in [3.63, 3.8) is 0 Å². The molecule has 0 aliphatic heterocycles. The van der Waals surface area contributed by atoms with Crippen LogP contribution in [0.3, 0.4) is 0 Å². The van der Waals surface area contributed by atoms with Crippen LogP contribution in [0.2, 0.25) is 0 Å². The van der Waals surface area contributed by atoms with E-state index in [-0.39, 0.29) is 11.6 Å². The Labute approximate surface area is 86.7 Å². The molecule has 0 aliphatic carbocycles. The number of aryl methyl sites for hydroxylation is 1. The molecule has 3 heteroatoms. The third kappa shape index (κ3) is 1.54. The highest BCUT2D eigenvalue weighted by Crippen LogP contribution is 2.26. The van der Waals surface area contributed by atoms with E-state index in [4.69, 9.17) is 4.42 Å². The van der Waals surface area contributed by atoms with Gasteiger partial charge in [-0.15, -0.1) is 0 Å². The monoisotopic (exact) mass is 206 g/mol. The lowest BCUT2D eigenvalue weighted by Crippen LogP contribution is -1.95. The van der Waals surface area contributed by atoms with Gasteiger partial charge in [-0.2, -0.15) is 0 Å². The Morgan fingerprint density at radius 1 is 1.47 bits per heavy atom. The number of carbonyl (C=O) groups excluding carboxylic acids is 1. The second-order valence-corrected chi connectivity index (χ2v) is 3.47. The van der Waals surface area contributed by atoms with Gasteiger partial charge in [-0.3, -0.25) is 4.79 Å². The number of carbonyl (C=O) groups is 1. The molecule has 0 aliphatic rings. The number of benzene rings is 1. The molecule has 0 atom stereocenters. The van der Waals surface area contributed by atoms with Crippen molar-refractivity contribution in [2.24, 2.45) is 0 Å². The summed E-state index contributed by atoms with van der Waals surface area (Å²) in [4.78, 5) is 11.5. The lowest BCUT2D eigenvalue weighted by atomic mass is 10.1. The summed E-state index contributed by atoms with van der Waals surface area (Å²) in [6, 6.07) is 4.26. The number of fused-ring (bicyclic) bond motifs is 1. The topological polar surface area (TPSA) is 30.2 Å². The van der Waals surface area contributed by atoms with Gasteiger partial charge < -0.3 is 4.42 Å². The molecule has 0 bridgehead atoms. The predicted molar refractivity (Wildman–Crippen MR) is 55.5 cm³/mol. The number of hydrogen-bond donors (Lipinski definition) is 0. The molecule has 2 rings (SSSR count). The molecule has 0 radical (unpaired) electrons. The first-order valence-corrected chi connectivity index (χ1v) is 4.85. The van der Waals surface area contributed by atoms with Crippen molar-refractivity contribution in [1.29, 1.82) is 0 Å². The van der Waals surface area contributed by atoms with Crippen molar-refractivity contribution in [3.05, 3.63) is 35.3 Å². The Morgan fingerprint density at radius 2 is 2.20 bits per heavy atom. The first-order valence-electron chi connectivity index (χ1n) is 4.85. The molecule has 0 saturated carbocycles. The van der Waals surface area contributed by atoms with E-state index < -0.39 is 0 Å². The van der Waals surface area contributed by atoms with Crippen molar-refractivity contribution in [3.8, 4) is 0 Å². The van der Waals surface area contributed by atoms with Crippen LogP contribution in [0.25, 0.3) is 11.0 Å². The Morgan fingerprint density at radius 3 is 2.87 bits per heavy atom. The van der Waals surface area contributed by atoms with Crippen molar-refractivity contribution >= 4 is 16.8 Å². The van der Waals surface area contributed by atoms with Crippen LogP contribution in [0, 0.1) is 12.7 Å². The average Bonchev–Trinajstić information content (AvgIpc) is 2.55. The summed E-state index contributed by atoms with van der Waals surface area (Å²) in [7, 11) is 0. The molecule has 2 aromatic rings. The molecule has 0 fully saturated rings. The minimum atomic E-state index is -0.318. The zero-order valence-corrected chi connectivity index (χ0v) is 8.63. The van der Waals surface area contributed by atoms with Gasteiger partial charge in [0.1, 0.15) is 11.4 Å². The molecule has 0 N–H and O–H groups in total. The van der Waals surface area contributed by atoms with Gasteiger partial charge in [0, 0.05) is 17.4 Å². The molecule has 0 spiro atoms. The fraction of sp³-hybridized carbons (Fsp3) is 0.250. The van der Waals surface area contributed by atoms with E-state index in [1.54, 1.807) is 19.9 Å². The molecule has 2 nitrogen and oxygen atoms in total. The standard InChI is InChI=1S/C12H11FO2/c1-3-10(14)12-7(2)9-6-8(13)4-5-11(9)15-12/h4-6H,3H2,1-2H3. The number of halogens is 1. The number of ketones is 1. The Kier molecular flexibility index (Phi) is 2.31. The van der Waals surface area contributed by atoms with Crippen LogP contribution >= 0.6 is 0 Å². The summed E-state index contributed by atoms with van der Waals surface area (Å²) >= 11 is 0. The van der Waals surface area contributed by atoms with E-state index in [1.165, 1.54) is 12.1 Å². The van der Waals surface area contributed by atoms with Gasteiger partial charge in [0.05, 0.1) is 0 Å². The zero-order valence-electron chi connectivity index (χ0n) is 8.63. The molecule has 0 amide bonds. The Bertz CT molecular complexity index is 526. The largest absolute Gasteiger partial charge is 0.453 e. The Balaban J connectivity index is 2.69. The van der Waals surface area contributed by atoms with Gasteiger partial charge in [-0.25, -0.2) is 4.39 Å². The number of rotatable bonds is 2. The third-order valence-corrected chi connectivity index (χ3v) is 2.47. The van der Waals surface area contributed by atoms with Gasteiger partial charge in [0.25, 0.3) is 0 Å². The van der Waals surface area contributed by atoms with Crippen LogP contribution in [-0.2, 0) is 0 Å². The zero-order chi connectivity index (χ0) is 11.0. The van der Waals surface area contributed by atoms with Crippen molar-refractivity contribution < 1.29 is 13.6 Å². The second kappa shape index (κ2) is 3.50. The summed E-state index contributed by atoms with van der Waals surface area (Å²) in [5.41, 5.74) is 1.28. The maximum atomic E-state index is 13.0. The van der Waals surface area contributed by atoms with E-state index in [2.05, 4.69) is 0 Å². The lowest BCUT2D eigenvalue weighted by molar-refractivity contribution is 0.0963. The van der Waals surface area contributed by atoms with Crippen LogP contribution < -0.4 is 0 Å². The summed E-state index contributed by atoms with van der Waals surface area (Å²) in [6.45, 7) is 3.55. The van der Waals surface area contributed by atoms with E-state index in [0.717, 1.165) is 5.56 Å². The van der Waals surface area contributed by atoms with Crippen molar-refractivity contribution in [2.75, 3.05) is 0 Å². The van der Waals surface area contributed by atoms with Gasteiger partial charge in [0.15, 0.2) is 11.5 Å². The molecule has 1 aromatic carbocycles. The highest BCUT2D eigenvalue weighted by atomic mass is 19.1. The van der Waals surface area contributed by atoms with E-state index in [1.807, 2.05) is 0 Å². The summed E-state index contributed by atoms with van der Waals surface area (Å²) in [6.07, 6.45) is 0.392. The molecule has 15 heavy (non-hydrogen) atoms. The van der Waals surface area contributed by atoms with Crippen LogP contribution in [-0.4, -0.2) is 5.78 Å². The van der Waals surface area contributed by atoms with E-state index >= 15 is 0 Å². The average molecular weight is 206 g/mol. The van der Waals surface area contributed by atoms with Crippen molar-refractivity contribution in [1.82, 2.24) is 0 Å². The summed E-state index contributed by atoms with van der Waals surface area (Å²) in [5, 5.41) is 0.673. The minimum Gasteiger partial charge on any atom is -0.453 e. The van der Waals surface area contributed by atoms with Gasteiger partial charge in [-0.05, 0) is 25.1 Å². The highest BCUT2D eigenvalue weighted by molar-refractivity contribution is 6.00. The Hall–Kier alpha value is -1.64. The van der Waals surface area contributed by atoms with Crippen LogP contribution in [0.15, 0.2) is 22.6 Å². The van der Waals surface area contributed by atoms with Crippen molar-refractivity contribution in [2.45, 2.75) is 20.3 Å². The fourth-order valence-corrected chi connectivity index (χ4v) is 1.62. The number of Topliss-reactive ketones (excluding diaryl/α,β-unsaturated/α-hetero) is 1. The SMILES string of the molecule is CCC(=O)c1oc2ccc(F)cc2c1C. The summed E-state index contributed by atoms with van der Waals surface area (Å²) in [5.74, 6) is -0.0240. The molecule has 1 heterocycles. The normalized spacial score (nSPS) is 10.9. The second-order valence-electron chi connectivity index (χ2n) is 3.47. The highest BCUT2D eigenvalue weighted by Gasteiger charge is 2.15.